The number of anilines is 1. The number of benzene rings is 1. The van der Waals surface area contributed by atoms with E-state index in [-0.39, 0.29) is 11.7 Å². The maximum absolute atomic E-state index is 12.3. The predicted molar refractivity (Wildman–Crippen MR) is 88.8 cm³/mol. The zero-order valence-corrected chi connectivity index (χ0v) is 13.2. The highest BCUT2D eigenvalue weighted by Gasteiger charge is 2.18. The molecule has 1 fully saturated rings. The van der Waals surface area contributed by atoms with Crippen LogP contribution in [0.4, 0.5) is 5.69 Å². The van der Waals surface area contributed by atoms with Crippen molar-refractivity contribution < 1.29 is 9.90 Å². The molecule has 6 nitrogen and oxygen atoms in total. The normalized spacial score (nSPS) is 17.9. The molecule has 2 heterocycles. The number of carbonyl (C=O) groups is 1. The van der Waals surface area contributed by atoms with Crippen molar-refractivity contribution in [3.05, 3.63) is 41.7 Å². The van der Waals surface area contributed by atoms with Crippen molar-refractivity contribution in [2.75, 3.05) is 18.4 Å². The maximum Gasteiger partial charge on any atom is 0.276 e. The standard InChI is InChI=1S/C17H22N4O2/c1-2-12-5-6-16(22)15(10-12)19-17(23)14-7-9-21(20-14)13-4-3-8-18-11-13/h5-7,9-10,13,18,22H,2-4,8,11H2,1H3,(H,19,23). The number of phenolic OH excluding ortho intramolecular Hbond substituents is 1. The number of carbonyl (C=O) groups excluding carboxylic acids is 1. The van der Waals surface area contributed by atoms with Crippen molar-refractivity contribution in [2.45, 2.75) is 32.2 Å². The summed E-state index contributed by atoms with van der Waals surface area (Å²) in [6, 6.07) is 7.23. The van der Waals surface area contributed by atoms with Crippen LogP contribution in [0.2, 0.25) is 0 Å². The molecule has 3 N–H and O–H groups in total. The average molecular weight is 314 g/mol. The van der Waals surface area contributed by atoms with Gasteiger partial charge in [0.1, 0.15) is 5.75 Å². The SMILES string of the molecule is CCc1ccc(O)c(NC(=O)c2ccn(C3CCCNC3)n2)c1. The van der Waals surface area contributed by atoms with Gasteiger partial charge in [-0.1, -0.05) is 13.0 Å². The summed E-state index contributed by atoms with van der Waals surface area (Å²) in [6.07, 6.45) is 4.86. The van der Waals surface area contributed by atoms with Gasteiger partial charge in [0.05, 0.1) is 11.7 Å². The van der Waals surface area contributed by atoms with Crippen molar-refractivity contribution >= 4 is 11.6 Å². The summed E-state index contributed by atoms with van der Waals surface area (Å²) in [5.74, 6) is -0.248. The number of aryl methyl sites for hydroxylation is 1. The molecular weight excluding hydrogens is 292 g/mol. The van der Waals surface area contributed by atoms with E-state index in [1.165, 1.54) is 0 Å². The second-order valence-corrected chi connectivity index (χ2v) is 5.84. The van der Waals surface area contributed by atoms with Gasteiger partial charge in [-0.15, -0.1) is 0 Å². The molecule has 1 aromatic carbocycles. The smallest absolute Gasteiger partial charge is 0.276 e. The van der Waals surface area contributed by atoms with Crippen molar-refractivity contribution in [1.82, 2.24) is 15.1 Å². The fourth-order valence-corrected chi connectivity index (χ4v) is 2.81. The number of nitrogens with one attached hydrogen (secondary N) is 2. The van der Waals surface area contributed by atoms with Gasteiger partial charge in [-0.2, -0.15) is 5.10 Å². The quantitative estimate of drug-likeness (QED) is 0.757. The third-order valence-corrected chi connectivity index (χ3v) is 4.20. The largest absolute Gasteiger partial charge is 0.506 e. The molecule has 23 heavy (non-hydrogen) atoms. The minimum Gasteiger partial charge on any atom is -0.506 e. The number of rotatable bonds is 4. The van der Waals surface area contributed by atoms with Crippen LogP contribution in [0.5, 0.6) is 5.75 Å². The van der Waals surface area contributed by atoms with Gasteiger partial charge in [-0.25, -0.2) is 0 Å². The van der Waals surface area contributed by atoms with Crippen molar-refractivity contribution in [3.63, 3.8) is 0 Å². The van der Waals surface area contributed by atoms with Gasteiger partial charge in [0, 0.05) is 12.7 Å². The minimum atomic E-state index is -0.309. The van der Waals surface area contributed by atoms with Gasteiger partial charge >= 0.3 is 0 Å². The summed E-state index contributed by atoms with van der Waals surface area (Å²) < 4.78 is 1.85. The van der Waals surface area contributed by atoms with Crippen LogP contribution in [-0.2, 0) is 6.42 Å². The van der Waals surface area contributed by atoms with Crippen molar-refractivity contribution in [3.8, 4) is 5.75 Å². The van der Waals surface area contributed by atoms with Crippen LogP contribution in [0.1, 0.15) is 41.9 Å². The molecule has 1 aliphatic heterocycles. The van der Waals surface area contributed by atoms with Gasteiger partial charge < -0.3 is 15.7 Å². The van der Waals surface area contributed by atoms with E-state index in [1.54, 1.807) is 18.2 Å². The van der Waals surface area contributed by atoms with Crippen LogP contribution in [0.15, 0.2) is 30.5 Å². The Morgan fingerprint density at radius 1 is 1.48 bits per heavy atom. The van der Waals surface area contributed by atoms with E-state index in [0.29, 0.717) is 17.4 Å². The molecular formula is C17H22N4O2. The fraction of sp³-hybridized carbons (Fsp3) is 0.412. The van der Waals surface area contributed by atoms with E-state index in [0.717, 1.165) is 37.9 Å². The fourth-order valence-electron chi connectivity index (χ4n) is 2.81. The molecule has 1 saturated heterocycles. The molecule has 2 aromatic rings. The molecule has 3 rings (SSSR count). The summed E-state index contributed by atoms with van der Waals surface area (Å²) >= 11 is 0. The second kappa shape index (κ2) is 6.83. The van der Waals surface area contributed by atoms with Gasteiger partial charge in [-0.3, -0.25) is 9.48 Å². The van der Waals surface area contributed by atoms with E-state index in [4.69, 9.17) is 0 Å². The first kappa shape index (κ1) is 15.6. The highest BCUT2D eigenvalue weighted by atomic mass is 16.3. The molecule has 6 heteroatoms. The molecule has 0 radical (unpaired) electrons. The number of aromatic nitrogens is 2. The second-order valence-electron chi connectivity index (χ2n) is 5.84. The van der Waals surface area contributed by atoms with E-state index in [1.807, 2.05) is 23.9 Å². The van der Waals surface area contributed by atoms with Crippen LogP contribution in [-0.4, -0.2) is 33.9 Å². The Balaban J connectivity index is 1.72. The first-order valence-electron chi connectivity index (χ1n) is 8.06. The Morgan fingerprint density at radius 3 is 3.09 bits per heavy atom. The first-order chi connectivity index (χ1) is 11.2. The highest BCUT2D eigenvalue weighted by molar-refractivity contribution is 6.03. The monoisotopic (exact) mass is 314 g/mol. The zero-order chi connectivity index (χ0) is 16.2. The molecule has 1 aliphatic rings. The van der Waals surface area contributed by atoms with Gasteiger partial charge in [0.25, 0.3) is 5.91 Å². The minimum absolute atomic E-state index is 0.0615. The van der Waals surface area contributed by atoms with E-state index >= 15 is 0 Å². The Hall–Kier alpha value is -2.34. The number of phenols is 1. The van der Waals surface area contributed by atoms with Crippen LogP contribution in [0.3, 0.4) is 0 Å². The Bertz CT molecular complexity index is 690. The summed E-state index contributed by atoms with van der Waals surface area (Å²) in [4.78, 5) is 12.3. The topological polar surface area (TPSA) is 79.2 Å². The molecule has 122 valence electrons. The number of hydrogen-bond donors (Lipinski definition) is 3. The number of aromatic hydroxyl groups is 1. The number of piperidine rings is 1. The molecule has 1 atom stereocenters. The van der Waals surface area contributed by atoms with Crippen LogP contribution < -0.4 is 10.6 Å². The van der Waals surface area contributed by atoms with Crippen molar-refractivity contribution in [1.29, 1.82) is 0 Å². The van der Waals surface area contributed by atoms with E-state index < -0.39 is 0 Å². The number of amides is 1. The molecule has 0 aliphatic carbocycles. The van der Waals surface area contributed by atoms with Crippen LogP contribution in [0, 0.1) is 0 Å². The van der Waals surface area contributed by atoms with Crippen LogP contribution in [0.25, 0.3) is 0 Å². The lowest BCUT2D eigenvalue weighted by atomic mass is 10.1. The third kappa shape index (κ3) is 3.53. The molecule has 1 aromatic heterocycles. The average Bonchev–Trinajstić information content (AvgIpc) is 3.08. The summed E-state index contributed by atoms with van der Waals surface area (Å²) in [7, 11) is 0. The lowest BCUT2D eigenvalue weighted by Crippen LogP contribution is -2.32. The highest BCUT2D eigenvalue weighted by Crippen LogP contribution is 2.25. The summed E-state index contributed by atoms with van der Waals surface area (Å²) in [6.45, 7) is 3.94. The molecule has 1 unspecified atom stereocenters. The van der Waals surface area contributed by atoms with E-state index in [2.05, 4.69) is 15.7 Å². The lowest BCUT2D eigenvalue weighted by molar-refractivity contribution is 0.102. The molecule has 0 spiro atoms. The van der Waals surface area contributed by atoms with Gasteiger partial charge in [-0.05, 0) is 49.6 Å². The first-order valence-corrected chi connectivity index (χ1v) is 8.06. The Kier molecular flexibility index (Phi) is 4.62. The van der Waals surface area contributed by atoms with Gasteiger partial charge in [0.15, 0.2) is 5.69 Å². The van der Waals surface area contributed by atoms with Crippen molar-refractivity contribution in [2.24, 2.45) is 0 Å². The van der Waals surface area contributed by atoms with Crippen LogP contribution >= 0.6 is 0 Å². The molecule has 0 saturated carbocycles. The predicted octanol–water partition coefficient (Wildman–Crippen LogP) is 2.33. The zero-order valence-electron chi connectivity index (χ0n) is 13.2. The summed E-state index contributed by atoms with van der Waals surface area (Å²) in [5, 5.41) is 20.3. The lowest BCUT2D eigenvalue weighted by Gasteiger charge is -2.22. The molecule has 0 bridgehead atoms. The number of nitrogens with zero attached hydrogens (tertiary/aromatic N) is 2. The number of hydrogen-bond acceptors (Lipinski definition) is 4. The third-order valence-electron chi connectivity index (χ3n) is 4.20. The maximum atomic E-state index is 12.3. The Morgan fingerprint density at radius 2 is 2.35 bits per heavy atom. The van der Waals surface area contributed by atoms with Gasteiger partial charge in [0.2, 0.25) is 0 Å². The van der Waals surface area contributed by atoms with E-state index in [9.17, 15) is 9.90 Å². The summed E-state index contributed by atoms with van der Waals surface area (Å²) in [5.41, 5.74) is 1.83. The Labute approximate surface area is 135 Å². The molecule has 1 amide bonds.